The lowest BCUT2D eigenvalue weighted by Crippen LogP contribution is -2.51. The van der Waals surface area contributed by atoms with Gasteiger partial charge in [-0.2, -0.15) is 0 Å². The van der Waals surface area contributed by atoms with E-state index in [2.05, 4.69) is 34.5 Å². The standard InChI is InChI=1S/C24H32N2O2/c27-23(25-18-11-5-6-12-18)22-14-17-10-4-7-13-21(17)26(22)24(28)20-15-19(20)16-8-2-1-3-9-16/h1-3,8-9,17-22H,4-7,10-15H2,(H,25,27)/t17-,19-,20+,21-,22-/m0/s1. The fourth-order valence-corrected chi connectivity index (χ4v) is 6.11. The van der Waals surface area contributed by atoms with E-state index in [9.17, 15) is 9.59 Å². The predicted octanol–water partition coefficient (Wildman–Crippen LogP) is 4.01. The molecule has 150 valence electrons. The third kappa shape index (κ3) is 3.35. The van der Waals surface area contributed by atoms with Gasteiger partial charge < -0.3 is 10.2 Å². The van der Waals surface area contributed by atoms with Crippen molar-refractivity contribution in [3.05, 3.63) is 35.9 Å². The second-order valence-corrected chi connectivity index (χ2v) is 9.46. The van der Waals surface area contributed by atoms with E-state index in [-0.39, 0.29) is 29.8 Å². The fourth-order valence-electron chi connectivity index (χ4n) is 6.11. The molecule has 0 unspecified atom stereocenters. The first kappa shape index (κ1) is 18.2. The number of amides is 2. The lowest BCUT2D eigenvalue weighted by molar-refractivity contribution is -0.142. The van der Waals surface area contributed by atoms with Gasteiger partial charge in [0.1, 0.15) is 6.04 Å². The highest BCUT2D eigenvalue weighted by atomic mass is 16.2. The summed E-state index contributed by atoms with van der Waals surface area (Å²) in [6.45, 7) is 0. The summed E-state index contributed by atoms with van der Waals surface area (Å²) in [5, 5.41) is 3.28. The van der Waals surface area contributed by atoms with Gasteiger partial charge in [-0.25, -0.2) is 0 Å². The molecule has 1 aliphatic heterocycles. The first-order valence-corrected chi connectivity index (χ1v) is 11.4. The van der Waals surface area contributed by atoms with Gasteiger partial charge in [0.15, 0.2) is 0 Å². The van der Waals surface area contributed by atoms with E-state index in [4.69, 9.17) is 0 Å². The maximum absolute atomic E-state index is 13.5. The molecular weight excluding hydrogens is 348 g/mol. The zero-order chi connectivity index (χ0) is 19.1. The van der Waals surface area contributed by atoms with Crippen LogP contribution in [-0.2, 0) is 9.59 Å². The third-order valence-electron chi connectivity index (χ3n) is 7.68. The summed E-state index contributed by atoms with van der Waals surface area (Å²) in [7, 11) is 0. The highest BCUT2D eigenvalue weighted by Crippen LogP contribution is 2.51. The van der Waals surface area contributed by atoms with Crippen LogP contribution in [0.2, 0.25) is 0 Å². The molecule has 4 nitrogen and oxygen atoms in total. The normalized spacial score (nSPS) is 34.9. The largest absolute Gasteiger partial charge is 0.352 e. The predicted molar refractivity (Wildman–Crippen MR) is 109 cm³/mol. The summed E-state index contributed by atoms with van der Waals surface area (Å²) in [5.41, 5.74) is 1.27. The Hall–Kier alpha value is -1.84. The minimum atomic E-state index is -0.238. The van der Waals surface area contributed by atoms with Crippen LogP contribution in [0.1, 0.15) is 75.7 Å². The number of fused-ring (bicyclic) bond motifs is 1. The molecule has 1 heterocycles. The van der Waals surface area contributed by atoms with E-state index in [0.29, 0.717) is 17.9 Å². The van der Waals surface area contributed by atoms with Crippen molar-refractivity contribution in [3.8, 4) is 0 Å². The molecule has 1 saturated heterocycles. The van der Waals surface area contributed by atoms with E-state index < -0.39 is 0 Å². The molecular formula is C24H32N2O2. The highest BCUT2D eigenvalue weighted by molar-refractivity contribution is 5.91. The van der Waals surface area contributed by atoms with Crippen molar-refractivity contribution in [1.82, 2.24) is 10.2 Å². The summed E-state index contributed by atoms with van der Waals surface area (Å²) in [6, 6.07) is 10.8. The highest BCUT2D eigenvalue weighted by Gasteiger charge is 2.53. The molecule has 2 amide bonds. The lowest BCUT2D eigenvalue weighted by Gasteiger charge is -2.34. The molecule has 3 aliphatic carbocycles. The monoisotopic (exact) mass is 380 g/mol. The van der Waals surface area contributed by atoms with Crippen LogP contribution in [0.15, 0.2) is 30.3 Å². The smallest absolute Gasteiger partial charge is 0.243 e. The van der Waals surface area contributed by atoms with Crippen molar-refractivity contribution < 1.29 is 9.59 Å². The minimum Gasteiger partial charge on any atom is -0.352 e. The maximum atomic E-state index is 13.5. The van der Waals surface area contributed by atoms with Crippen LogP contribution in [0.25, 0.3) is 0 Å². The Kier molecular flexibility index (Phi) is 4.90. The average molecular weight is 381 g/mol. The topological polar surface area (TPSA) is 49.4 Å². The van der Waals surface area contributed by atoms with Crippen LogP contribution in [0.4, 0.5) is 0 Å². The molecule has 28 heavy (non-hydrogen) atoms. The summed E-state index contributed by atoms with van der Waals surface area (Å²) in [6.07, 6.45) is 11.1. The minimum absolute atomic E-state index is 0.0739. The maximum Gasteiger partial charge on any atom is 0.243 e. The van der Waals surface area contributed by atoms with Gasteiger partial charge in [-0.15, -0.1) is 0 Å². The van der Waals surface area contributed by atoms with Gasteiger partial charge in [-0.05, 0) is 55.9 Å². The van der Waals surface area contributed by atoms with Crippen LogP contribution in [0, 0.1) is 11.8 Å². The second kappa shape index (κ2) is 7.53. The molecule has 0 radical (unpaired) electrons. The molecule has 0 bridgehead atoms. The van der Waals surface area contributed by atoms with Crippen molar-refractivity contribution in [2.45, 2.75) is 88.3 Å². The molecule has 4 heteroatoms. The number of nitrogens with zero attached hydrogens (tertiary/aromatic N) is 1. The van der Waals surface area contributed by atoms with Crippen molar-refractivity contribution >= 4 is 11.8 Å². The molecule has 3 saturated carbocycles. The first-order valence-electron chi connectivity index (χ1n) is 11.4. The molecule has 1 N–H and O–H groups in total. The molecule has 0 aromatic heterocycles. The summed E-state index contributed by atoms with van der Waals surface area (Å²) >= 11 is 0. The average Bonchev–Trinajstić information content (AvgIpc) is 3.18. The summed E-state index contributed by atoms with van der Waals surface area (Å²) in [4.78, 5) is 28.8. The van der Waals surface area contributed by atoms with Gasteiger partial charge in [-0.1, -0.05) is 56.0 Å². The van der Waals surface area contributed by atoms with Gasteiger partial charge in [0.2, 0.25) is 11.8 Å². The number of rotatable bonds is 4. The second-order valence-electron chi connectivity index (χ2n) is 9.46. The van der Waals surface area contributed by atoms with Gasteiger partial charge in [-0.3, -0.25) is 9.59 Å². The number of nitrogens with one attached hydrogen (secondary N) is 1. The number of likely N-dealkylation sites (tertiary alicyclic amines) is 1. The van der Waals surface area contributed by atoms with Crippen LogP contribution in [-0.4, -0.2) is 34.8 Å². The number of hydrogen-bond acceptors (Lipinski definition) is 2. The first-order chi connectivity index (χ1) is 13.7. The Morgan fingerprint density at radius 3 is 2.39 bits per heavy atom. The van der Waals surface area contributed by atoms with Crippen LogP contribution >= 0.6 is 0 Å². The summed E-state index contributed by atoms with van der Waals surface area (Å²) < 4.78 is 0. The van der Waals surface area contributed by atoms with Crippen LogP contribution in [0.3, 0.4) is 0 Å². The SMILES string of the molecule is O=C(NC1CCCC1)[C@@H]1C[C@@H]2CCCC[C@@H]2N1C(=O)[C@@H]1C[C@H]1c1ccccc1. The molecule has 1 aromatic carbocycles. The molecule has 5 atom stereocenters. The number of carbonyl (C=O) groups excluding carboxylic acids is 2. The number of hydrogen-bond donors (Lipinski definition) is 1. The molecule has 0 spiro atoms. The Morgan fingerprint density at radius 2 is 1.61 bits per heavy atom. The quantitative estimate of drug-likeness (QED) is 0.858. The van der Waals surface area contributed by atoms with E-state index in [1.165, 1.54) is 37.7 Å². The van der Waals surface area contributed by atoms with E-state index in [0.717, 1.165) is 32.1 Å². The molecule has 4 fully saturated rings. The van der Waals surface area contributed by atoms with E-state index in [1.54, 1.807) is 0 Å². The van der Waals surface area contributed by atoms with Crippen LogP contribution < -0.4 is 5.32 Å². The zero-order valence-electron chi connectivity index (χ0n) is 16.7. The van der Waals surface area contributed by atoms with Crippen molar-refractivity contribution in [2.75, 3.05) is 0 Å². The van der Waals surface area contributed by atoms with Crippen molar-refractivity contribution in [1.29, 1.82) is 0 Å². The fraction of sp³-hybridized carbons (Fsp3) is 0.667. The molecule has 5 rings (SSSR count). The third-order valence-corrected chi connectivity index (χ3v) is 7.68. The van der Waals surface area contributed by atoms with Gasteiger partial charge in [0, 0.05) is 18.0 Å². The lowest BCUT2D eigenvalue weighted by atomic mass is 9.84. The number of benzene rings is 1. The Balaban J connectivity index is 1.33. The van der Waals surface area contributed by atoms with E-state index >= 15 is 0 Å². The van der Waals surface area contributed by atoms with Gasteiger partial charge in [0.25, 0.3) is 0 Å². The van der Waals surface area contributed by atoms with Crippen LogP contribution in [0.5, 0.6) is 0 Å². The summed E-state index contributed by atoms with van der Waals surface area (Å²) in [5.74, 6) is 1.30. The number of carbonyl (C=O) groups is 2. The van der Waals surface area contributed by atoms with Gasteiger partial charge >= 0.3 is 0 Å². The van der Waals surface area contributed by atoms with Crippen molar-refractivity contribution in [2.24, 2.45) is 11.8 Å². The van der Waals surface area contributed by atoms with Gasteiger partial charge in [0.05, 0.1) is 0 Å². The van der Waals surface area contributed by atoms with Crippen molar-refractivity contribution in [3.63, 3.8) is 0 Å². The molecule has 1 aromatic rings. The zero-order valence-corrected chi connectivity index (χ0v) is 16.7. The van der Waals surface area contributed by atoms with E-state index in [1.807, 2.05) is 6.07 Å². The Morgan fingerprint density at radius 1 is 0.893 bits per heavy atom. The molecule has 4 aliphatic rings. The Labute approximate surface area is 168 Å². The Bertz CT molecular complexity index is 727.